The minimum absolute atomic E-state index is 0.0222. The second-order valence-corrected chi connectivity index (χ2v) is 32.9. The van der Waals surface area contributed by atoms with Crippen LogP contribution in [0.4, 0.5) is 0 Å². The van der Waals surface area contributed by atoms with Crippen molar-refractivity contribution in [1.82, 2.24) is 97.6 Å². The summed E-state index contributed by atoms with van der Waals surface area (Å²) in [5, 5.41) is 38.4. The summed E-state index contributed by atoms with van der Waals surface area (Å²) in [5.41, 5.74) is 14.6. The lowest BCUT2D eigenvalue weighted by molar-refractivity contribution is -0.149. The quantitative estimate of drug-likeness (QED) is 0.0322. The van der Waals surface area contributed by atoms with Crippen LogP contribution in [0.15, 0.2) is 104 Å². The van der Waals surface area contributed by atoms with Crippen LogP contribution >= 0.6 is 11.8 Å². The van der Waals surface area contributed by atoms with Gasteiger partial charge in [0.2, 0.25) is 100 Å². The predicted octanol–water partition coefficient (Wildman–Crippen LogP) is -1.13. The number of carbonyl (C=O) groups is 17. The van der Waals surface area contributed by atoms with Gasteiger partial charge in [-0.15, -0.1) is 11.8 Å². The van der Waals surface area contributed by atoms with Crippen molar-refractivity contribution in [2.75, 3.05) is 79.0 Å². The van der Waals surface area contributed by atoms with Crippen LogP contribution in [0.25, 0.3) is 21.8 Å². The number of likely N-dealkylation sites (N-methyl/N-ethyl adjacent to an activating group) is 4. The molecule has 0 unspecified atom stereocenters. The number of imidazole rings is 1. The predicted molar refractivity (Wildman–Crippen MR) is 468 cm³/mol. The number of amides is 17. The number of benzene rings is 3. The molecule has 39 nitrogen and oxygen atoms in total. The Balaban J connectivity index is 1.26. The summed E-state index contributed by atoms with van der Waals surface area (Å²) in [6.07, 6.45) is 6.75. The fourth-order valence-corrected chi connectivity index (χ4v) is 15.4. The van der Waals surface area contributed by atoms with Crippen LogP contribution in [0.3, 0.4) is 0 Å². The number of thioether (sulfide) groups is 1. The van der Waals surface area contributed by atoms with Gasteiger partial charge in [0.25, 0.3) is 0 Å². The second-order valence-electron chi connectivity index (χ2n) is 31.9. The number of nitrogens with one attached hydrogen (secondary N) is 13. The lowest BCUT2D eigenvalue weighted by Gasteiger charge is -2.36. The molecule has 4 heterocycles. The molecule has 1 fully saturated rings. The molecule has 6 aromatic rings. The Morgan fingerprint density at radius 2 is 1.07 bits per heavy atom. The van der Waals surface area contributed by atoms with Crippen molar-refractivity contribution in [2.45, 2.75) is 198 Å². The van der Waals surface area contributed by atoms with E-state index in [0.29, 0.717) is 64.3 Å². The number of aliphatic hydroxyl groups is 1. The van der Waals surface area contributed by atoms with Gasteiger partial charge >= 0.3 is 0 Å². The van der Waals surface area contributed by atoms with E-state index >= 15 is 9.59 Å². The van der Waals surface area contributed by atoms with Crippen molar-refractivity contribution < 1.29 is 86.6 Å². The number of para-hydroxylation sites is 2. The number of carbonyl (C=O) groups excluding carboxylic acids is 17. The lowest BCUT2D eigenvalue weighted by atomic mass is 10.00. The maximum atomic E-state index is 15.5. The highest BCUT2D eigenvalue weighted by Gasteiger charge is 2.41. The van der Waals surface area contributed by atoms with Crippen LogP contribution in [0, 0.1) is 5.92 Å². The molecule has 0 bridgehead atoms. The third-order valence-corrected chi connectivity index (χ3v) is 22.6. The summed E-state index contributed by atoms with van der Waals surface area (Å²) in [4.78, 5) is 263. The maximum Gasteiger partial charge on any atom is 0.246 e. The number of nitrogens with zero attached hydrogens (tertiary/aromatic N) is 6. The first-order chi connectivity index (χ1) is 60.1. The topological polar surface area (TPSA) is 559 Å². The molecule has 40 heteroatoms. The van der Waals surface area contributed by atoms with Crippen LogP contribution in [0.1, 0.15) is 128 Å². The average Bonchev–Trinajstić information content (AvgIpc) is 1.77. The van der Waals surface area contributed by atoms with Gasteiger partial charge in [-0.05, 0) is 80.2 Å². The first-order valence-electron chi connectivity index (χ1n) is 42.2. The largest absolute Gasteiger partial charge is 0.394 e. The molecule has 1 aliphatic heterocycles. The van der Waals surface area contributed by atoms with Gasteiger partial charge in [0.15, 0.2) is 0 Å². The van der Waals surface area contributed by atoms with Gasteiger partial charge < -0.3 is 109 Å². The second kappa shape index (κ2) is 49.7. The molecule has 3 aromatic heterocycles. The lowest BCUT2D eigenvalue weighted by Crippen LogP contribution is -2.61. The molecule has 17 amide bonds. The fourth-order valence-electron chi connectivity index (χ4n) is 14.6. The Morgan fingerprint density at radius 1 is 0.532 bits per heavy atom. The zero-order valence-corrected chi connectivity index (χ0v) is 73.7. The van der Waals surface area contributed by atoms with E-state index in [1.165, 1.54) is 52.5 Å². The van der Waals surface area contributed by atoms with Gasteiger partial charge in [0.05, 0.1) is 51.3 Å². The van der Waals surface area contributed by atoms with Crippen molar-refractivity contribution in [1.29, 1.82) is 0 Å². The smallest absolute Gasteiger partial charge is 0.246 e. The van der Waals surface area contributed by atoms with Crippen molar-refractivity contribution in [3.8, 4) is 0 Å². The Bertz CT molecular complexity index is 4770. The van der Waals surface area contributed by atoms with E-state index in [0.717, 1.165) is 36.9 Å². The van der Waals surface area contributed by atoms with Gasteiger partial charge in [-0.2, -0.15) is 0 Å². The normalized spacial score (nSPS) is 22.5. The molecule has 0 spiro atoms. The number of aromatic amines is 3. The number of aryl methyl sites for hydroxylation is 1. The molecule has 0 aliphatic carbocycles. The number of unbranched alkanes of at least 4 members (excludes halogenated alkanes) is 2. The third-order valence-electron chi connectivity index (χ3n) is 21.6. The summed E-state index contributed by atoms with van der Waals surface area (Å²) in [5.74, 6) is -16.4. The number of nitrogens with two attached hydrogens (primary N) is 2. The van der Waals surface area contributed by atoms with E-state index in [9.17, 15) is 77.0 Å². The van der Waals surface area contributed by atoms with Gasteiger partial charge in [-0.1, -0.05) is 127 Å². The van der Waals surface area contributed by atoms with Crippen molar-refractivity contribution in [2.24, 2.45) is 17.4 Å². The number of hydrogen-bond donors (Lipinski definition) is 16. The molecule has 18 N–H and O–H groups in total. The summed E-state index contributed by atoms with van der Waals surface area (Å²) in [6, 6.07) is 6.67. The van der Waals surface area contributed by atoms with Crippen LogP contribution in [-0.2, 0) is 107 Å². The zero-order chi connectivity index (χ0) is 92.4. The highest BCUT2D eigenvalue weighted by atomic mass is 32.2. The molecule has 11 atom stereocenters. The molecule has 684 valence electrons. The first-order valence-corrected chi connectivity index (χ1v) is 43.4. The number of aliphatic hydroxyl groups excluding tert-OH is 1. The average molecular weight is 1770 g/mol. The number of hydrogen-bond acceptors (Lipinski definition) is 20. The van der Waals surface area contributed by atoms with Crippen LogP contribution in [-0.4, -0.2) is 295 Å². The van der Waals surface area contributed by atoms with Gasteiger partial charge in [0.1, 0.15) is 66.5 Å². The Hall–Kier alpha value is -12.8. The van der Waals surface area contributed by atoms with E-state index in [-0.39, 0.29) is 76.0 Å². The van der Waals surface area contributed by atoms with Crippen molar-refractivity contribution in [3.05, 3.63) is 126 Å². The summed E-state index contributed by atoms with van der Waals surface area (Å²) >= 11 is 0.822. The molecule has 7 rings (SSSR count). The zero-order valence-electron chi connectivity index (χ0n) is 72.9. The van der Waals surface area contributed by atoms with E-state index in [1.54, 1.807) is 112 Å². The SMILES string of the molecule is CCCC[C@H]1C(=O)N(C)[C@@H](CCCC)C(=O)NCC(=O)N[C@H](C(=O)NCC(N)=O)CSCC(=O)N[C@@H](CCc2ccccc2)C(=O)N(C)[C@@H](C)C(=O)N[C@@H](CC(N)=O)C(=O)N(CCC)CC(=O)N[C@@H](Cc2cnc[nH]2)C(=O)N[C@@H](CC(C)C)C(=O)N(C)CC(=O)N[C@@H](Cc2c[nH]c3ccccc23)C(=O)N[C@@H](CO)C(=O)N[C@@H](Cc2c[nH]c3ccccc23)C(=O)N1C. The Morgan fingerprint density at radius 3 is 1.65 bits per heavy atom. The van der Waals surface area contributed by atoms with E-state index in [4.69, 9.17) is 11.5 Å². The van der Waals surface area contributed by atoms with Gasteiger partial charge in [0, 0.05) is 106 Å². The molecular weight excluding hydrogens is 1650 g/mol. The number of H-pyrrole nitrogens is 3. The third kappa shape index (κ3) is 30.0. The van der Waals surface area contributed by atoms with Crippen molar-refractivity contribution >= 4 is 134 Å². The molecule has 1 aliphatic rings. The number of rotatable bonds is 25. The maximum absolute atomic E-state index is 15.5. The summed E-state index contributed by atoms with van der Waals surface area (Å²) in [7, 11) is 5.28. The van der Waals surface area contributed by atoms with E-state index in [2.05, 4.69) is 73.1 Å². The highest BCUT2D eigenvalue weighted by molar-refractivity contribution is 8.00. The highest BCUT2D eigenvalue weighted by Crippen LogP contribution is 2.25. The minimum atomic E-state index is -1.83. The van der Waals surface area contributed by atoms with Gasteiger partial charge in [-0.25, -0.2) is 4.98 Å². The van der Waals surface area contributed by atoms with Crippen molar-refractivity contribution in [3.63, 3.8) is 0 Å². The first kappa shape index (κ1) is 100. The Labute approximate surface area is 735 Å². The molecule has 0 radical (unpaired) electrons. The molecule has 1 saturated heterocycles. The number of fused-ring (bicyclic) bond motifs is 2. The van der Waals surface area contributed by atoms with Crippen LogP contribution < -0.4 is 64.6 Å². The number of primary amides is 2. The summed E-state index contributed by atoms with van der Waals surface area (Å²) < 4.78 is 0. The van der Waals surface area contributed by atoms with E-state index < -0.39 is 212 Å². The summed E-state index contributed by atoms with van der Waals surface area (Å²) in [6.45, 7) is 6.07. The monoisotopic (exact) mass is 1770 g/mol. The van der Waals surface area contributed by atoms with Crippen LogP contribution in [0.5, 0.6) is 0 Å². The van der Waals surface area contributed by atoms with Gasteiger partial charge in [-0.3, -0.25) is 81.5 Å². The molecule has 3 aromatic carbocycles. The minimum Gasteiger partial charge on any atom is -0.394 e. The molecular formula is C86H121N21O18S. The van der Waals surface area contributed by atoms with E-state index in [1.807, 2.05) is 13.8 Å². The van der Waals surface area contributed by atoms with Crippen LogP contribution in [0.2, 0.25) is 0 Å². The fraction of sp³-hybridized carbons (Fsp3) is 0.512. The standard InChI is InChI=1S/C86H121N21O18S/c1-11-14-29-68-81(120)93-43-72(111)98-67(77(116)92-42-71(88)110)47-126-48-75(114)95-60(32-31-52-23-17-16-18-24-52)83(122)104(8)51(6)76(115)99-65(38-70(87)109)85(124)107(33-13-3)45-74(113)97-62(37-55-41-89-49-94-55)79(118)100-63(34-50(4)5)82(121)103(7)44-73(112)96-61(35-53-39-90-58-27-21-19-25-56(53)58)78(117)102-66(46-108)80(119)101-64(36-54-40-91-59-28-22-20-26-57(54)59)84(123)106(10)69(30-15-12-2)86(125)105(68)9/h16-28,39-41,49-51,60-69,90-91,108H,11-15,29-38,42-48H2,1-10H3,(H2,87,109)(H2,88,110)(H,89,94)(H,92,116)(H,93,120)(H,95,114)(H,96,112)(H,97,113)(H,98,111)(H,99,115)(H,100,118)(H,101,119)(H,102,117)/t51-,60-,61-,62-,63-,64-,65-,66-,67-,68-,69-/m0/s1. The molecule has 0 saturated carbocycles. The Kier molecular flexibility index (Phi) is 39.6. The molecule has 126 heavy (non-hydrogen) atoms. The number of aromatic nitrogens is 4.